The molecular weight excluding hydrogens is 332 g/mol. The predicted molar refractivity (Wildman–Crippen MR) is 87.2 cm³/mol. The highest BCUT2D eigenvalue weighted by molar-refractivity contribution is 9.10. The number of pyridine rings is 1. The fraction of sp³-hybridized carbons (Fsp3) is 0.375. The molecule has 0 bridgehead atoms. The zero-order chi connectivity index (χ0) is 15.4. The molecule has 1 aromatic heterocycles. The van der Waals surface area contributed by atoms with Crippen LogP contribution in [0.4, 0.5) is 0 Å². The van der Waals surface area contributed by atoms with Gasteiger partial charge in [0.25, 0.3) is 0 Å². The normalized spacial score (nSPS) is 12.8. The van der Waals surface area contributed by atoms with Crippen LogP contribution in [-0.2, 0) is 11.3 Å². The topological polar surface area (TPSA) is 53.4 Å². The van der Waals surface area contributed by atoms with E-state index in [4.69, 9.17) is 5.11 Å². The van der Waals surface area contributed by atoms with Crippen molar-refractivity contribution in [3.63, 3.8) is 0 Å². The Morgan fingerprint density at radius 1 is 1.43 bits per heavy atom. The number of halogens is 1. The van der Waals surface area contributed by atoms with Crippen LogP contribution in [0.3, 0.4) is 0 Å². The average Bonchev–Trinajstić information content (AvgIpc) is 2.48. The van der Waals surface area contributed by atoms with Crippen molar-refractivity contribution in [2.75, 3.05) is 6.54 Å². The summed E-state index contributed by atoms with van der Waals surface area (Å²) in [4.78, 5) is 17.5. The van der Waals surface area contributed by atoms with Crippen LogP contribution in [0.25, 0.3) is 10.9 Å². The highest BCUT2D eigenvalue weighted by Crippen LogP contribution is 2.26. The second-order valence-corrected chi connectivity index (χ2v) is 6.02. The van der Waals surface area contributed by atoms with E-state index in [0.29, 0.717) is 6.54 Å². The molecule has 0 fully saturated rings. The number of nitrogens with zero attached hydrogens (tertiary/aromatic N) is 2. The van der Waals surface area contributed by atoms with Gasteiger partial charge >= 0.3 is 5.97 Å². The summed E-state index contributed by atoms with van der Waals surface area (Å²) in [6, 6.07) is 8.14. The molecule has 0 amide bonds. The van der Waals surface area contributed by atoms with Gasteiger partial charge < -0.3 is 5.11 Å². The molecule has 1 atom stereocenters. The van der Waals surface area contributed by atoms with E-state index in [9.17, 15) is 4.79 Å². The van der Waals surface area contributed by atoms with Crippen molar-refractivity contribution < 1.29 is 9.90 Å². The second-order valence-electron chi connectivity index (χ2n) is 5.16. The Labute approximate surface area is 132 Å². The lowest BCUT2D eigenvalue weighted by atomic mass is 10.1. The van der Waals surface area contributed by atoms with Gasteiger partial charge in [-0.15, -0.1) is 0 Å². The Bertz CT molecular complexity index is 645. The van der Waals surface area contributed by atoms with Crippen LogP contribution in [-0.4, -0.2) is 33.5 Å². The lowest BCUT2D eigenvalue weighted by Crippen LogP contribution is -2.36. The fourth-order valence-electron chi connectivity index (χ4n) is 2.34. The van der Waals surface area contributed by atoms with Gasteiger partial charge in [-0.1, -0.05) is 35.0 Å². The number of carboxylic acids is 1. The number of carboxylic acid groups (broad SMARTS) is 1. The first-order valence-electron chi connectivity index (χ1n) is 7.01. The molecule has 0 saturated carbocycles. The smallest absolute Gasteiger partial charge is 0.317 e. The molecular formula is C16H19BrN2O2. The summed E-state index contributed by atoms with van der Waals surface area (Å²) in [6.45, 7) is 4.75. The van der Waals surface area contributed by atoms with E-state index in [-0.39, 0.29) is 12.6 Å². The molecule has 1 N–H and O–H groups in total. The zero-order valence-corrected chi connectivity index (χ0v) is 13.8. The van der Waals surface area contributed by atoms with Crippen LogP contribution >= 0.6 is 15.9 Å². The monoisotopic (exact) mass is 350 g/mol. The van der Waals surface area contributed by atoms with Crippen molar-refractivity contribution >= 4 is 32.8 Å². The molecule has 5 heteroatoms. The Balaban J connectivity index is 2.36. The summed E-state index contributed by atoms with van der Waals surface area (Å²) in [5.41, 5.74) is 1.97. The summed E-state index contributed by atoms with van der Waals surface area (Å²) in [5.74, 6) is -0.801. The molecule has 0 aliphatic carbocycles. The second kappa shape index (κ2) is 7.00. The maximum absolute atomic E-state index is 11.1. The summed E-state index contributed by atoms with van der Waals surface area (Å²) in [6.07, 6.45) is 2.68. The third-order valence-electron chi connectivity index (χ3n) is 3.73. The van der Waals surface area contributed by atoms with Gasteiger partial charge in [0.1, 0.15) is 0 Å². The standard InChI is InChI=1S/C16H19BrN2O2/c1-3-11(2)19(10-15(20)21)9-12-6-7-14(17)13-5-4-8-18-16(12)13/h4-8,11H,3,9-10H2,1-2H3,(H,20,21). The van der Waals surface area contributed by atoms with E-state index < -0.39 is 5.97 Å². The molecule has 2 rings (SSSR count). The summed E-state index contributed by atoms with van der Waals surface area (Å²) in [7, 11) is 0. The van der Waals surface area contributed by atoms with Crippen molar-refractivity contribution in [3.8, 4) is 0 Å². The number of fused-ring (bicyclic) bond motifs is 1. The maximum Gasteiger partial charge on any atom is 0.317 e. The van der Waals surface area contributed by atoms with Crippen molar-refractivity contribution in [2.45, 2.75) is 32.9 Å². The van der Waals surface area contributed by atoms with Crippen LogP contribution in [0.5, 0.6) is 0 Å². The third kappa shape index (κ3) is 3.80. The van der Waals surface area contributed by atoms with Crippen LogP contribution in [0, 0.1) is 0 Å². The molecule has 0 spiro atoms. The van der Waals surface area contributed by atoms with Crippen molar-refractivity contribution in [3.05, 3.63) is 40.5 Å². The lowest BCUT2D eigenvalue weighted by Gasteiger charge is -2.27. The molecule has 1 aromatic carbocycles. The molecule has 112 valence electrons. The molecule has 0 radical (unpaired) electrons. The van der Waals surface area contributed by atoms with Crippen molar-refractivity contribution in [1.82, 2.24) is 9.88 Å². The first-order valence-corrected chi connectivity index (χ1v) is 7.80. The molecule has 1 unspecified atom stereocenters. The number of carbonyl (C=O) groups is 1. The molecule has 1 heterocycles. The van der Waals surface area contributed by atoms with Gasteiger partial charge in [0.2, 0.25) is 0 Å². The van der Waals surface area contributed by atoms with E-state index in [1.54, 1.807) is 6.20 Å². The first kappa shape index (κ1) is 15.9. The zero-order valence-electron chi connectivity index (χ0n) is 12.2. The average molecular weight is 351 g/mol. The summed E-state index contributed by atoms with van der Waals surface area (Å²) >= 11 is 3.53. The summed E-state index contributed by atoms with van der Waals surface area (Å²) < 4.78 is 1.00. The van der Waals surface area contributed by atoms with Gasteiger partial charge in [-0.3, -0.25) is 14.7 Å². The van der Waals surface area contributed by atoms with Crippen LogP contribution in [0.15, 0.2) is 34.9 Å². The van der Waals surface area contributed by atoms with E-state index in [1.807, 2.05) is 29.2 Å². The van der Waals surface area contributed by atoms with Crippen LogP contribution in [0.2, 0.25) is 0 Å². The van der Waals surface area contributed by atoms with E-state index in [1.165, 1.54) is 0 Å². The lowest BCUT2D eigenvalue weighted by molar-refractivity contribution is -0.139. The third-order valence-corrected chi connectivity index (χ3v) is 4.42. The van der Waals surface area contributed by atoms with Gasteiger partial charge in [-0.2, -0.15) is 0 Å². The Kier molecular flexibility index (Phi) is 5.31. The highest BCUT2D eigenvalue weighted by Gasteiger charge is 2.17. The first-order chi connectivity index (χ1) is 10.0. The minimum absolute atomic E-state index is 0.0411. The summed E-state index contributed by atoms with van der Waals surface area (Å²) in [5, 5.41) is 10.1. The van der Waals surface area contributed by atoms with Gasteiger partial charge in [0, 0.05) is 28.6 Å². The number of rotatable bonds is 6. The Morgan fingerprint density at radius 2 is 2.19 bits per heavy atom. The molecule has 0 aliphatic heterocycles. The van der Waals surface area contributed by atoms with E-state index in [0.717, 1.165) is 27.4 Å². The van der Waals surface area contributed by atoms with Gasteiger partial charge in [0.15, 0.2) is 0 Å². The number of hydrogen-bond acceptors (Lipinski definition) is 3. The van der Waals surface area contributed by atoms with Gasteiger partial charge in [0.05, 0.1) is 12.1 Å². The van der Waals surface area contributed by atoms with E-state index >= 15 is 0 Å². The maximum atomic E-state index is 11.1. The van der Waals surface area contributed by atoms with Crippen LogP contribution < -0.4 is 0 Å². The quantitative estimate of drug-likeness (QED) is 0.863. The molecule has 4 nitrogen and oxygen atoms in total. The van der Waals surface area contributed by atoms with Crippen molar-refractivity contribution in [2.24, 2.45) is 0 Å². The van der Waals surface area contributed by atoms with Crippen molar-refractivity contribution in [1.29, 1.82) is 0 Å². The SMILES string of the molecule is CCC(C)N(CC(=O)O)Cc1ccc(Br)c2cccnc12. The molecule has 0 saturated heterocycles. The molecule has 21 heavy (non-hydrogen) atoms. The molecule has 2 aromatic rings. The number of benzene rings is 1. The Morgan fingerprint density at radius 3 is 2.86 bits per heavy atom. The van der Waals surface area contributed by atoms with Gasteiger partial charge in [-0.05, 0) is 31.0 Å². The largest absolute Gasteiger partial charge is 0.480 e. The van der Waals surface area contributed by atoms with Crippen LogP contribution in [0.1, 0.15) is 25.8 Å². The minimum atomic E-state index is -0.801. The highest BCUT2D eigenvalue weighted by atomic mass is 79.9. The number of hydrogen-bond donors (Lipinski definition) is 1. The number of aliphatic carboxylic acids is 1. The fourth-order valence-corrected chi connectivity index (χ4v) is 2.79. The molecule has 0 aliphatic rings. The Hall–Kier alpha value is -1.46. The van der Waals surface area contributed by atoms with E-state index in [2.05, 4.69) is 34.8 Å². The van der Waals surface area contributed by atoms with Gasteiger partial charge in [-0.25, -0.2) is 0 Å². The predicted octanol–water partition coefficient (Wildman–Crippen LogP) is 3.68. The minimum Gasteiger partial charge on any atom is -0.480 e. The number of aromatic nitrogens is 1.